The maximum Gasteiger partial charge on any atom is 0.0905 e. The standard InChI is InChI=1S/C17H32O2/c1-4-6-7-10-16(5-2)11-8-9-12-17(19)13-15(3)14-18/h9,12-13,16-19H,4-8,10-11,14H2,1-3H3. The molecule has 0 saturated heterocycles. The van der Waals surface area contributed by atoms with E-state index >= 15 is 0 Å². The number of aliphatic hydroxyl groups is 2. The minimum Gasteiger partial charge on any atom is -0.392 e. The Labute approximate surface area is 119 Å². The first-order valence-electron chi connectivity index (χ1n) is 7.76. The van der Waals surface area contributed by atoms with Crippen LogP contribution in [-0.2, 0) is 0 Å². The normalized spacial score (nSPS) is 15.9. The third kappa shape index (κ3) is 11.0. The van der Waals surface area contributed by atoms with Crippen molar-refractivity contribution in [3.05, 3.63) is 23.8 Å². The second kappa shape index (κ2) is 12.4. The lowest BCUT2D eigenvalue weighted by molar-refractivity contribution is 0.266. The molecule has 0 aromatic heterocycles. The van der Waals surface area contributed by atoms with Crippen LogP contribution in [0, 0.1) is 5.92 Å². The Morgan fingerprint density at radius 2 is 1.89 bits per heavy atom. The van der Waals surface area contributed by atoms with Gasteiger partial charge in [-0.2, -0.15) is 0 Å². The van der Waals surface area contributed by atoms with E-state index in [4.69, 9.17) is 5.11 Å². The zero-order valence-electron chi connectivity index (χ0n) is 12.9. The molecule has 0 rings (SSSR count). The van der Waals surface area contributed by atoms with Gasteiger partial charge in [-0.3, -0.25) is 0 Å². The molecular formula is C17H32O2. The number of allylic oxidation sites excluding steroid dienone is 1. The van der Waals surface area contributed by atoms with Gasteiger partial charge in [0.1, 0.15) is 0 Å². The van der Waals surface area contributed by atoms with Gasteiger partial charge >= 0.3 is 0 Å². The van der Waals surface area contributed by atoms with Crippen molar-refractivity contribution in [1.29, 1.82) is 0 Å². The van der Waals surface area contributed by atoms with Gasteiger partial charge in [-0.25, -0.2) is 0 Å². The van der Waals surface area contributed by atoms with Gasteiger partial charge in [0, 0.05) is 0 Å². The molecule has 2 unspecified atom stereocenters. The lowest BCUT2D eigenvalue weighted by Crippen LogP contribution is -2.01. The van der Waals surface area contributed by atoms with Crippen LogP contribution in [0.4, 0.5) is 0 Å². The quantitative estimate of drug-likeness (QED) is 0.435. The molecule has 0 spiro atoms. The molecule has 0 saturated carbocycles. The van der Waals surface area contributed by atoms with Gasteiger partial charge in [0.15, 0.2) is 0 Å². The predicted molar refractivity (Wildman–Crippen MR) is 83.1 cm³/mol. The second-order valence-corrected chi connectivity index (χ2v) is 5.44. The molecule has 0 amide bonds. The minimum atomic E-state index is -0.563. The van der Waals surface area contributed by atoms with Crippen LogP contribution < -0.4 is 0 Å². The summed E-state index contributed by atoms with van der Waals surface area (Å²) in [7, 11) is 0. The highest BCUT2D eigenvalue weighted by molar-refractivity contribution is 5.08. The predicted octanol–water partition coefficient (Wildman–Crippen LogP) is 4.23. The van der Waals surface area contributed by atoms with Crippen molar-refractivity contribution >= 4 is 0 Å². The maximum absolute atomic E-state index is 9.67. The molecule has 0 bridgehead atoms. The summed E-state index contributed by atoms with van der Waals surface area (Å²) >= 11 is 0. The summed E-state index contributed by atoms with van der Waals surface area (Å²) in [4.78, 5) is 0. The van der Waals surface area contributed by atoms with E-state index in [0.29, 0.717) is 0 Å². The van der Waals surface area contributed by atoms with Crippen LogP contribution in [0.2, 0.25) is 0 Å². The lowest BCUT2D eigenvalue weighted by atomic mass is 9.94. The van der Waals surface area contributed by atoms with Gasteiger partial charge in [-0.15, -0.1) is 0 Å². The van der Waals surface area contributed by atoms with E-state index in [1.54, 1.807) is 6.08 Å². The summed E-state index contributed by atoms with van der Waals surface area (Å²) in [6.07, 6.45) is 13.8. The molecule has 0 aromatic carbocycles. The zero-order valence-corrected chi connectivity index (χ0v) is 12.9. The van der Waals surface area contributed by atoms with Gasteiger partial charge in [0.25, 0.3) is 0 Å². The molecule has 2 nitrogen and oxygen atoms in total. The van der Waals surface area contributed by atoms with Gasteiger partial charge in [-0.1, -0.05) is 64.2 Å². The van der Waals surface area contributed by atoms with Crippen LogP contribution in [0.15, 0.2) is 23.8 Å². The van der Waals surface area contributed by atoms with E-state index in [-0.39, 0.29) is 6.61 Å². The Hall–Kier alpha value is -0.600. The number of hydrogen-bond acceptors (Lipinski definition) is 2. The SMILES string of the molecule is CCCCCC(CC)CCC=CC(O)C=C(C)CO. The number of unbranched alkanes of at least 4 members (excludes halogenated alkanes) is 2. The van der Waals surface area contributed by atoms with E-state index in [0.717, 1.165) is 17.9 Å². The maximum atomic E-state index is 9.67. The molecule has 0 heterocycles. The van der Waals surface area contributed by atoms with Crippen LogP contribution in [0.25, 0.3) is 0 Å². The molecule has 0 aliphatic heterocycles. The summed E-state index contributed by atoms with van der Waals surface area (Å²) in [5.41, 5.74) is 0.808. The molecule has 0 aliphatic carbocycles. The third-order valence-corrected chi connectivity index (χ3v) is 3.57. The van der Waals surface area contributed by atoms with Crippen LogP contribution in [-0.4, -0.2) is 22.9 Å². The van der Waals surface area contributed by atoms with Gasteiger partial charge in [-0.05, 0) is 31.3 Å². The fourth-order valence-electron chi connectivity index (χ4n) is 2.20. The highest BCUT2D eigenvalue weighted by atomic mass is 16.3. The molecule has 0 aromatic rings. The van der Waals surface area contributed by atoms with Gasteiger partial charge < -0.3 is 10.2 Å². The van der Waals surface area contributed by atoms with Crippen molar-refractivity contribution in [2.24, 2.45) is 5.92 Å². The van der Waals surface area contributed by atoms with Crippen molar-refractivity contribution < 1.29 is 10.2 Å². The summed E-state index contributed by atoms with van der Waals surface area (Å²) in [6.45, 7) is 6.34. The smallest absolute Gasteiger partial charge is 0.0905 e. The van der Waals surface area contributed by atoms with Crippen LogP contribution in [0.3, 0.4) is 0 Å². The van der Waals surface area contributed by atoms with Crippen molar-refractivity contribution in [3.63, 3.8) is 0 Å². The highest BCUT2D eigenvalue weighted by Crippen LogP contribution is 2.19. The lowest BCUT2D eigenvalue weighted by Gasteiger charge is -2.13. The Morgan fingerprint density at radius 1 is 1.16 bits per heavy atom. The van der Waals surface area contributed by atoms with Crippen LogP contribution in [0.5, 0.6) is 0 Å². The summed E-state index contributed by atoms with van der Waals surface area (Å²) in [6, 6.07) is 0. The van der Waals surface area contributed by atoms with Crippen LogP contribution >= 0.6 is 0 Å². The average Bonchev–Trinajstić information content (AvgIpc) is 2.41. The fraction of sp³-hybridized carbons (Fsp3) is 0.765. The van der Waals surface area contributed by atoms with Crippen LogP contribution in [0.1, 0.15) is 65.7 Å². The largest absolute Gasteiger partial charge is 0.392 e. The minimum absolute atomic E-state index is 0.0141. The van der Waals surface area contributed by atoms with E-state index in [1.807, 2.05) is 13.0 Å². The summed E-state index contributed by atoms with van der Waals surface area (Å²) in [5.74, 6) is 0.822. The van der Waals surface area contributed by atoms with Crippen molar-refractivity contribution in [3.8, 4) is 0 Å². The molecule has 0 radical (unpaired) electrons. The Bertz CT molecular complexity index is 256. The first-order valence-corrected chi connectivity index (χ1v) is 7.76. The Balaban J connectivity index is 3.85. The van der Waals surface area contributed by atoms with Crippen molar-refractivity contribution in [2.45, 2.75) is 71.8 Å². The molecule has 112 valence electrons. The Morgan fingerprint density at radius 3 is 2.47 bits per heavy atom. The number of rotatable bonds is 11. The summed E-state index contributed by atoms with van der Waals surface area (Å²) < 4.78 is 0. The molecule has 2 N–H and O–H groups in total. The number of hydrogen-bond donors (Lipinski definition) is 2. The van der Waals surface area contributed by atoms with Crippen molar-refractivity contribution in [2.75, 3.05) is 6.61 Å². The number of aliphatic hydroxyl groups excluding tert-OH is 2. The van der Waals surface area contributed by atoms with E-state index < -0.39 is 6.10 Å². The fourth-order valence-corrected chi connectivity index (χ4v) is 2.20. The monoisotopic (exact) mass is 268 g/mol. The topological polar surface area (TPSA) is 40.5 Å². The van der Waals surface area contributed by atoms with Crippen molar-refractivity contribution in [1.82, 2.24) is 0 Å². The molecule has 0 fully saturated rings. The highest BCUT2D eigenvalue weighted by Gasteiger charge is 2.04. The average molecular weight is 268 g/mol. The Kier molecular flexibility index (Phi) is 12.0. The zero-order chi connectivity index (χ0) is 14.5. The first kappa shape index (κ1) is 18.4. The van der Waals surface area contributed by atoms with E-state index in [1.165, 1.54) is 38.5 Å². The summed E-state index contributed by atoms with van der Waals surface area (Å²) in [5, 5.41) is 18.5. The second-order valence-electron chi connectivity index (χ2n) is 5.44. The molecule has 19 heavy (non-hydrogen) atoms. The third-order valence-electron chi connectivity index (χ3n) is 3.57. The molecule has 2 atom stereocenters. The molecule has 2 heteroatoms. The van der Waals surface area contributed by atoms with Gasteiger partial charge in [0.2, 0.25) is 0 Å². The van der Waals surface area contributed by atoms with Gasteiger partial charge in [0.05, 0.1) is 12.7 Å². The van der Waals surface area contributed by atoms with E-state index in [2.05, 4.69) is 19.9 Å². The first-order chi connectivity index (χ1) is 9.13. The van der Waals surface area contributed by atoms with E-state index in [9.17, 15) is 5.11 Å². The molecule has 0 aliphatic rings. The molecular weight excluding hydrogens is 236 g/mol.